The van der Waals surface area contributed by atoms with Crippen molar-refractivity contribution in [1.82, 2.24) is 24.5 Å². The monoisotopic (exact) mass is 310 g/mol. The third-order valence-electron chi connectivity index (χ3n) is 3.61. The Bertz CT molecular complexity index is 756. The Morgan fingerprint density at radius 1 is 1.38 bits per heavy atom. The van der Waals surface area contributed by atoms with E-state index in [1.54, 1.807) is 10.9 Å². The molecule has 21 heavy (non-hydrogen) atoms. The van der Waals surface area contributed by atoms with Crippen LogP contribution in [0.5, 0.6) is 0 Å². The van der Waals surface area contributed by atoms with Crippen molar-refractivity contribution >= 4 is 26.9 Å². The summed E-state index contributed by atoms with van der Waals surface area (Å²) >= 11 is 0. The Morgan fingerprint density at radius 2 is 2.19 bits per heavy atom. The van der Waals surface area contributed by atoms with Crippen LogP contribution in [0.15, 0.2) is 12.5 Å². The molecule has 0 radical (unpaired) electrons. The minimum absolute atomic E-state index is 0.0876. The number of fused-ring (bicyclic) bond motifs is 1. The van der Waals surface area contributed by atoms with Gasteiger partial charge in [-0.2, -0.15) is 5.10 Å². The number of aryl methyl sites for hydroxylation is 1. The molecule has 2 aromatic heterocycles. The van der Waals surface area contributed by atoms with Crippen LogP contribution in [-0.2, 0) is 17.1 Å². The van der Waals surface area contributed by atoms with E-state index in [4.69, 9.17) is 0 Å². The van der Waals surface area contributed by atoms with E-state index < -0.39 is 10.0 Å². The molecule has 1 N–H and O–H groups in total. The van der Waals surface area contributed by atoms with Crippen LogP contribution in [0, 0.1) is 0 Å². The fourth-order valence-electron chi connectivity index (χ4n) is 2.77. The molecule has 0 unspecified atom stereocenters. The Labute approximate surface area is 123 Å². The van der Waals surface area contributed by atoms with E-state index in [0.29, 0.717) is 6.54 Å². The van der Waals surface area contributed by atoms with Gasteiger partial charge >= 0.3 is 0 Å². The van der Waals surface area contributed by atoms with Gasteiger partial charge in [-0.25, -0.2) is 23.1 Å². The summed E-state index contributed by atoms with van der Waals surface area (Å²) in [5.41, 5.74) is 0.776. The van der Waals surface area contributed by atoms with Crippen LogP contribution >= 0.6 is 0 Å². The van der Waals surface area contributed by atoms with Gasteiger partial charge in [-0.05, 0) is 12.8 Å². The van der Waals surface area contributed by atoms with E-state index in [-0.39, 0.29) is 6.04 Å². The average Bonchev–Trinajstić information content (AvgIpc) is 2.79. The van der Waals surface area contributed by atoms with Crippen molar-refractivity contribution in [3.63, 3.8) is 0 Å². The smallest absolute Gasteiger partial charge is 0.209 e. The first-order valence-electron chi connectivity index (χ1n) is 6.79. The molecule has 2 aromatic rings. The number of sulfonamides is 1. The van der Waals surface area contributed by atoms with Gasteiger partial charge in [-0.15, -0.1) is 0 Å². The summed E-state index contributed by atoms with van der Waals surface area (Å²) in [5.74, 6) is 0.813. The summed E-state index contributed by atoms with van der Waals surface area (Å²) in [7, 11) is -1.36. The lowest BCUT2D eigenvalue weighted by Gasteiger charge is -2.33. The number of nitrogens with zero attached hydrogens (tertiary/aromatic N) is 5. The van der Waals surface area contributed by atoms with Crippen molar-refractivity contribution in [2.24, 2.45) is 7.05 Å². The molecule has 1 aliphatic rings. The van der Waals surface area contributed by atoms with E-state index >= 15 is 0 Å². The number of nitrogens with one attached hydrogen (secondary N) is 1. The number of rotatable bonds is 3. The molecule has 1 atom stereocenters. The second-order valence-corrected chi connectivity index (χ2v) is 7.16. The molecule has 1 fully saturated rings. The second kappa shape index (κ2) is 5.23. The molecule has 0 saturated carbocycles. The Kier molecular flexibility index (Phi) is 3.54. The molecule has 0 bridgehead atoms. The normalized spacial score (nSPS) is 20.1. The molecule has 0 spiro atoms. The molecule has 1 saturated heterocycles. The first-order chi connectivity index (χ1) is 9.94. The fraction of sp³-hybridized carbons (Fsp3) is 0.583. The SMILES string of the molecule is Cn1ncc2c(N3CCC[C@@H](NS(C)(=O)=O)C3)ncnc21. The second-order valence-electron chi connectivity index (χ2n) is 5.38. The number of hydrogen-bond donors (Lipinski definition) is 1. The van der Waals surface area contributed by atoms with Crippen molar-refractivity contribution in [1.29, 1.82) is 0 Å². The van der Waals surface area contributed by atoms with Crippen LogP contribution in [0.4, 0.5) is 5.82 Å². The largest absolute Gasteiger partial charge is 0.354 e. The molecule has 9 heteroatoms. The molecule has 1 aliphatic heterocycles. The minimum Gasteiger partial charge on any atom is -0.354 e. The highest BCUT2D eigenvalue weighted by Gasteiger charge is 2.24. The molecule has 0 aromatic carbocycles. The lowest BCUT2D eigenvalue weighted by atomic mass is 10.1. The van der Waals surface area contributed by atoms with Crippen LogP contribution < -0.4 is 9.62 Å². The van der Waals surface area contributed by atoms with Crippen LogP contribution in [0.3, 0.4) is 0 Å². The van der Waals surface area contributed by atoms with Gasteiger partial charge in [0.25, 0.3) is 0 Å². The highest BCUT2D eigenvalue weighted by molar-refractivity contribution is 7.88. The highest BCUT2D eigenvalue weighted by atomic mass is 32.2. The van der Waals surface area contributed by atoms with Gasteiger partial charge in [-0.1, -0.05) is 0 Å². The Hall–Kier alpha value is -1.74. The van der Waals surface area contributed by atoms with Crippen LogP contribution in [-0.4, -0.2) is 53.6 Å². The molecular weight excluding hydrogens is 292 g/mol. The molecule has 3 rings (SSSR count). The van der Waals surface area contributed by atoms with Gasteiger partial charge < -0.3 is 4.90 Å². The summed E-state index contributed by atoms with van der Waals surface area (Å²) in [6, 6.07) is -0.0876. The quantitative estimate of drug-likeness (QED) is 0.849. The van der Waals surface area contributed by atoms with Crippen molar-refractivity contribution in [2.45, 2.75) is 18.9 Å². The van der Waals surface area contributed by atoms with Crippen LogP contribution in [0.25, 0.3) is 11.0 Å². The van der Waals surface area contributed by atoms with Gasteiger partial charge in [0.1, 0.15) is 12.1 Å². The third kappa shape index (κ3) is 2.98. The number of piperidine rings is 1. The van der Waals surface area contributed by atoms with Crippen molar-refractivity contribution in [3.05, 3.63) is 12.5 Å². The first kappa shape index (κ1) is 14.2. The maximum atomic E-state index is 11.4. The molecule has 8 nitrogen and oxygen atoms in total. The Morgan fingerprint density at radius 3 is 2.95 bits per heavy atom. The van der Waals surface area contributed by atoms with Crippen molar-refractivity contribution < 1.29 is 8.42 Å². The summed E-state index contributed by atoms with van der Waals surface area (Å²) in [6.45, 7) is 1.46. The average molecular weight is 310 g/mol. The molecule has 0 aliphatic carbocycles. The van der Waals surface area contributed by atoms with Crippen molar-refractivity contribution in [2.75, 3.05) is 24.2 Å². The van der Waals surface area contributed by atoms with Gasteiger partial charge in [0.2, 0.25) is 10.0 Å². The van der Waals surface area contributed by atoms with E-state index in [0.717, 1.165) is 36.2 Å². The van der Waals surface area contributed by atoms with Crippen molar-refractivity contribution in [3.8, 4) is 0 Å². The predicted octanol–water partition coefficient (Wildman–Crippen LogP) is -0.119. The lowest BCUT2D eigenvalue weighted by molar-refractivity contribution is 0.466. The number of aromatic nitrogens is 4. The zero-order chi connectivity index (χ0) is 15.0. The minimum atomic E-state index is -3.19. The van der Waals surface area contributed by atoms with E-state index in [9.17, 15) is 8.42 Å². The topological polar surface area (TPSA) is 93.0 Å². The highest BCUT2D eigenvalue weighted by Crippen LogP contribution is 2.25. The van der Waals surface area contributed by atoms with Gasteiger partial charge in [-0.3, -0.25) is 4.68 Å². The summed E-state index contributed by atoms with van der Waals surface area (Å²) in [4.78, 5) is 10.7. The number of hydrogen-bond acceptors (Lipinski definition) is 6. The van der Waals surface area contributed by atoms with Crippen LogP contribution in [0.1, 0.15) is 12.8 Å². The molecule has 0 amide bonds. The molecule has 3 heterocycles. The van der Waals surface area contributed by atoms with E-state index in [1.807, 2.05) is 7.05 Å². The number of anilines is 1. The van der Waals surface area contributed by atoms with E-state index in [2.05, 4.69) is 24.7 Å². The standard InChI is InChI=1S/C12H18N6O2S/c1-17-11-10(6-15-17)12(14-8-13-11)18-5-3-4-9(7-18)16-21(2,19)20/h6,8-9,16H,3-5,7H2,1-2H3/t9-/m1/s1. The summed E-state index contributed by atoms with van der Waals surface area (Å²) < 4.78 is 27.2. The maximum Gasteiger partial charge on any atom is 0.209 e. The van der Waals surface area contributed by atoms with Gasteiger partial charge in [0.15, 0.2) is 5.65 Å². The lowest BCUT2D eigenvalue weighted by Crippen LogP contribution is -2.47. The fourth-order valence-corrected chi connectivity index (χ4v) is 3.57. The zero-order valence-electron chi connectivity index (χ0n) is 12.0. The molecular formula is C12H18N6O2S. The van der Waals surface area contributed by atoms with Crippen LogP contribution in [0.2, 0.25) is 0 Å². The van der Waals surface area contributed by atoms with Gasteiger partial charge in [0.05, 0.1) is 17.8 Å². The molecule has 114 valence electrons. The first-order valence-corrected chi connectivity index (χ1v) is 8.68. The third-order valence-corrected chi connectivity index (χ3v) is 4.37. The van der Waals surface area contributed by atoms with E-state index in [1.165, 1.54) is 12.6 Å². The predicted molar refractivity (Wildman–Crippen MR) is 79.5 cm³/mol. The van der Waals surface area contributed by atoms with Gasteiger partial charge in [0, 0.05) is 26.2 Å². The maximum absolute atomic E-state index is 11.4. The summed E-state index contributed by atoms with van der Waals surface area (Å²) in [6.07, 6.45) is 6.21. The summed E-state index contributed by atoms with van der Waals surface area (Å²) in [5, 5.41) is 5.09. The Balaban J connectivity index is 1.88. The zero-order valence-corrected chi connectivity index (χ0v) is 12.8.